The Morgan fingerprint density at radius 1 is 1.21 bits per heavy atom. The van der Waals surface area contributed by atoms with Crippen LogP contribution in [0.5, 0.6) is 0 Å². The molecule has 7 nitrogen and oxygen atoms in total. The summed E-state index contributed by atoms with van der Waals surface area (Å²) in [5.74, 6) is 0.979. The van der Waals surface area contributed by atoms with Crippen LogP contribution in [-0.2, 0) is 4.79 Å². The predicted octanol–water partition coefficient (Wildman–Crippen LogP) is 1.56. The van der Waals surface area contributed by atoms with Crippen LogP contribution in [0.1, 0.15) is 55.3 Å². The summed E-state index contributed by atoms with van der Waals surface area (Å²) in [6.07, 6.45) is 7.64. The Bertz CT molecular complexity index is 730. The first-order valence-electron chi connectivity index (χ1n) is 10.4. The molecule has 3 aliphatic rings. The number of amides is 2. The number of nitrogens with one attached hydrogen (secondary N) is 1. The Hall–Kier alpha value is -2.15. The minimum absolute atomic E-state index is 0.145. The van der Waals surface area contributed by atoms with E-state index < -0.39 is 0 Å². The molecule has 0 radical (unpaired) electrons. The average Bonchev–Trinajstić information content (AvgIpc) is 3.04. The average molecular weight is 386 g/mol. The van der Waals surface area contributed by atoms with Crippen molar-refractivity contribution in [1.29, 1.82) is 0 Å². The highest BCUT2D eigenvalue weighted by Crippen LogP contribution is 2.43. The summed E-state index contributed by atoms with van der Waals surface area (Å²) in [5, 5.41) is 12.4. The van der Waals surface area contributed by atoms with Crippen molar-refractivity contribution in [2.24, 2.45) is 5.41 Å². The molecule has 2 amide bonds. The SMILES string of the molecule is CNC(=O)c1ccc(N2CCCC3(CCN(C4CCC(O)CC4)C3=O)C2)nc1. The second-order valence-corrected chi connectivity index (χ2v) is 8.50. The van der Waals surface area contributed by atoms with E-state index in [2.05, 4.69) is 20.1 Å². The maximum Gasteiger partial charge on any atom is 0.252 e. The van der Waals surface area contributed by atoms with E-state index in [9.17, 15) is 14.7 Å². The Labute approximate surface area is 166 Å². The molecule has 152 valence electrons. The van der Waals surface area contributed by atoms with Gasteiger partial charge < -0.3 is 20.2 Å². The summed E-state index contributed by atoms with van der Waals surface area (Å²) in [6.45, 7) is 2.41. The molecular formula is C21H30N4O3. The first-order valence-corrected chi connectivity index (χ1v) is 10.4. The number of aliphatic hydroxyl groups is 1. The minimum atomic E-state index is -0.310. The van der Waals surface area contributed by atoms with E-state index in [1.807, 2.05) is 6.07 Å². The van der Waals surface area contributed by atoms with Crippen LogP contribution >= 0.6 is 0 Å². The number of aromatic nitrogens is 1. The number of hydrogen-bond donors (Lipinski definition) is 2. The highest BCUT2D eigenvalue weighted by molar-refractivity contribution is 5.93. The Morgan fingerprint density at radius 3 is 2.68 bits per heavy atom. The molecule has 0 aromatic carbocycles. The Balaban J connectivity index is 1.46. The van der Waals surface area contributed by atoms with Crippen LogP contribution in [0.2, 0.25) is 0 Å². The van der Waals surface area contributed by atoms with Crippen molar-refractivity contribution in [2.75, 3.05) is 31.6 Å². The van der Waals surface area contributed by atoms with E-state index in [4.69, 9.17) is 0 Å². The van der Waals surface area contributed by atoms with Crippen LogP contribution < -0.4 is 10.2 Å². The number of piperidine rings is 1. The van der Waals surface area contributed by atoms with Gasteiger partial charge >= 0.3 is 0 Å². The highest BCUT2D eigenvalue weighted by Gasteiger charge is 2.50. The van der Waals surface area contributed by atoms with Crippen LogP contribution in [-0.4, -0.2) is 65.6 Å². The van der Waals surface area contributed by atoms with Gasteiger partial charge in [0.15, 0.2) is 0 Å². The van der Waals surface area contributed by atoms with Gasteiger partial charge in [-0.15, -0.1) is 0 Å². The van der Waals surface area contributed by atoms with Gasteiger partial charge in [-0.05, 0) is 57.1 Å². The zero-order chi connectivity index (χ0) is 19.7. The van der Waals surface area contributed by atoms with Crippen LogP contribution in [0.3, 0.4) is 0 Å². The molecule has 1 aromatic rings. The van der Waals surface area contributed by atoms with E-state index in [0.29, 0.717) is 18.0 Å². The van der Waals surface area contributed by atoms with E-state index >= 15 is 0 Å². The van der Waals surface area contributed by atoms with Crippen molar-refractivity contribution >= 4 is 17.6 Å². The lowest BCUT2D eigenvalue weighted by Crippen LogP contribution is -2.50. The molecule has 1 aliphatic carbocycles. The number of rotatable bonds is 3. The molecule has 3 heterocycles. The third-order valence-corrected chi connectivity index (χ3v) is 6.79. The van der Waals surface area contributed by atoms with Crippen molar-refractivity contribution in [1.82, 2.24) is 15.2 Å². The Kier molecular flexibility index (Phi) is 5.27. The molecular weight excluding hydrogens is 356 g/mol. The Morgan fingerprint density at radius 2 is 2.00 bits per heavy atom. The molecule has 1 unspecified atom stereocenters. The second kappa shape index (κ2) is 7.70. The number of pyridine rings is 1. The van der Waals surface area contributed by atoms with Gasteiger partial charge in [-0.25, -0.2) is 4.98 Å². The van der Waals surface area contributed by atoms with E-state index in [-0.39, 0.29) is 23.5 Å². The molecule has 28 heavy (non-hydrogen) atoms. The summed E-state index contributed by atoms with van der Waals surface area (Å²) in [6, 6.07) is 3.96. The predicted molar refractivity (Wildman–Crippen MR) is 106 cm³/mol. The van der Waals surface area contributed by atoms with Crippen LogP contribution in [0.4, 0.5) is 5.82 Å². The fraction of sp³-hybridized carbons (Fsp3) is 0.667. The van der Waals surface area contributed by atoms with Gasteiger partial charge in [0.05, 0.1) is 17.1 Å². The number of nitrogens with zero attached hydrogens (tertiary/aromatic N) is 3. The number of aliphatic hydroxyl groups excluding tert-OH is 1. The lowest BCUT2D eigenvalue weighted by molar-refractivity contribution is -0.139. The summed E-state index contributed by atoms with van der Waals surface area (Å²) >= 11 is 0. The summed E-state index contributed by atoms with van der Waals surface area (Å²) in [5.41, 5.74) is 0.232. The molecule has 2 aliphatic heterocycles. The quantitative estimate of drug-likeness (QED) is 0.824. The van der Waals surface area contributed by atoms with Crippen LogP contribution in [0, 0.1) is 5.41 Å². The third-order valence-electron chi connectivity index (χ3n) is 6.79. The number of likely N-dealkylation sites (tertiary alicyclic amines) is 1. The molecule has 1 aromatic heterocycles. The summed E-state index contributed by atoms with van der Waals surface area (Å²) in [7, 11) is 1.61. The van der Waals surface area contributed by atoms with Crippen molar-refractivity contribution in [3.05, 3.63) is 23.9 Å². The van der Waals surface area contributed by atoms with Crippen molar-refractivity contribution in [3.63, 3.8) is 0 Å². The lowest BCUT2D eigenvalue weighted by atomic mass is 9.78. The normalized spacial score (nSPS) is 30.7. The third kappa shape index (κ3) is 3.48. The van der Waals surface area contributed by atoms with Gasteiger partial charge in [-0.3, -0.25) is 9.59 Å². The fourth-order valence-electron chi connectivity index (χ4n) is 5.12. The monoisotopic (exact) mass is 386 g/mol. The molecule has 2 saturated heterocycles. The zero-order valence-corrected chi connectivity index (χ0v) is 16.6. The lowest BCUT2D eigenvalue weighted by Gasteiger charge is -2.41. The summed E-state index contributed by atoms with van der Waals surface area (Å²) in [4.78, 5) is 33.9. The number of hydrogen-bond acceptors (Lipinski definition) is 5. The topological polar surface area (TPSA) is 85.8 Å². The number of anilines is 1. The number of carbonyl (C=O) groups excluding carboxylic acids is 2. The highest BCUT2D eigenvalue weighted by atomic mass is 16.3. The molecule has 1 atom stereocenters. The van der Waals surface area contributed by atoms with Gasteiger partial charge in [-0.2, -0.15) is 0 Å². The van der Waals surface area contributed by atoms with E-state index in [1.165, 1.54) is 0 Å². The maximum atomic E-state index is 13.4. The van der Waals surface area contributed by atoms with Crippen molar-refractivity contribution < 1.29 is 14.7 Å². The molecule has 3 fully saturated rings. The van der Waals surface area contributed by atoms with Crippen LogP contribution in [0.25, 0.3) is 0 Å². The van der Waals surface area contributed by atoms with Gasteiger partial charge in [0.1, 0.15) is 5.82 Å². The molecule has 1 saturated carbocycles. The maximum absolute atomic E-state index is 13.4. The van der Waals surface area contributed by atoms with Gasteiger partial charge in [0.25, 0.3) is 5.91 Å². The largest absolute Gasteiger partial charge is 0.393 e. The van der Waals surface area contributed by atoms with Crippen LogP contribution in [0.15, 0.2) is 18.3 Å². The molecule has 4 rings (SSSR count). The van der Waals surface area contributed by atoms with E-state index in [0.717, 1.165) is 63.9 Å². The van der Waals surface area contributed by atoms with Gasteiger partial charge in [0, 0.05) is 38.9 Å². The fourth-order valence-corrected chi connectivity index (χ4v) is 5.12. The smallest absolute Gasteiger partial charge is 0.252 e. The van der Waals surface area contributed by atoms with E-state index in [1.54, 1.807) is 19.3 Å². The molecule has 0 bridgehead atoms. The summed E-state index contributed by atoms with van der Waals surface area (Å²) < 4.78 is 0. The second-order valence-electron chi connectivity index (χ2n) is 8.50. The zero-order valence-electron chi connectivity index (χ0n) is 16.6. The van der Waals surface area contributed by atoms with Gasteiger partial charge in [0.2, 0.25) is 5.91 Å². The molecule has 7 heteroatoms. The molecule has 1 spiro atoms. The van der Waals surface area contributed by atoms with Crippen molar-refractivity contribution in [3.8, 4) is 0 Å². The minimum Gasteiger partial charge on any atom is -0.393 e. The molecule has 2 N–H and O–H groups in total. The first-order chi connectivity index (χ1) is 13.5. The van der Waals surface area contributed by atoms with Gasteiger partial charge in [-0.1, -0.05) is 0 Å². The van der Waals surface area contributed by atoms with Crippen molar-refractivity contribution in [2.45, 2.75) is 57.1 Å². The standard InChI is InChI=1S/C21H30N4O3/c1-22-19(27)15-3-8-18(23-13-15)24-11-2-9-21(14-24)10-12-25(20(21)28)16-4-6-17(26)7-5-16/h3,8,13,16-17,26H,2,4-7,9-12,14H2,1H3,(H,22,27). The first kappa shape index (κ1) is 19.2. The number of carbonyl (C=O) groups is 2.